The van der Waals surface area contributed by atoms with Crippen molar-refractivity contribution in [3.8, 4) is 0 Å². The van der Waals surface area contributed by atoms with Gasteiger partial charge in [-0.15, -0.1) is 0 Å². The van der Waals surface area contributed by atoms with Crippen LogP contribution in [0.25, 0.3) is 0 Å². The Kier molecular flexibility index (Phi) is 30.3. The fraction of sp³-hybridized carbons (Fsp3) is 0.824. The molecule has 1 rings (SSSR count). The van der Waals surface area contributed by atoms with E-state index in [1.54, 1.807) is 0 Å². The molecule has 4 heteroatoms. The molecule has 0 spiro atoms. The van der Waals surface area contributed by atoms with Crippen LogP contribution in [0.2, 0.25) is 0 Å². The topological polar surface area (TPSA) is 74.6 Å². The van der Waals surface area contributed by atoms with E-state index >= 15 is 0 Å². The maximum atomic E-state index is 10.3. The first-order chi connectivity index (χ1) is 18.6. The molecule has 0 bridgehead atoms. The molecule has 38 heavy (non-hydrogen) atoms. The van der Waals surface area contributed by atoms with Crippen LogP contribution >= 0.6 is 0 Å². The minimum atomic E-state index is -0.690. The van der Waals surface area contributed by atoms with Gasteiger partial charge in [-0.25, -0.2) is 0 Å². The molecule has 0 heterocycles. The van der Waals surface area contributed by atoms with Gasteiger partial charge in [-0.3, -0.25) is 9.59 Å². The molecule has 222 valence electrons. The molecule has 4 nitrogen and oxygen atoms in total. The second kappa shape index (κ2) is 31.6. The van der Waals surface area contributed by atoms with Gasteiger partial charge in [0.1, 0.15) is 0 Å². The summed E-state index contributed by atoms with van der Waals surface area (Å²) in [6.07, 6.45) is 43.0. The summed E-state index contributed by atoms with van der Waals surface area (Å²) < 4.78 is 0. The molecule has 2 N–H and O–H groups in total. The van der Waals surface area contributed by atoms with Gasteiger partial charge in [0.25, 0.3) is 0 Å². The lowest BCUT2D eigenvalue weighted by atomic mass is 10.0. The molecule has 0 aromatic carbocycles. The van der Waals surface area contributed by atoms with E-state index in [0.717, 1.165) is 51.4 Å². The third-order valence-electron chi connectivity index (χ3n) is 7.35. The normalized spacial score (nSPS) is 16.1. The molecule has 0 fully saturated rings. The Balaban J connectivity index is 0.000000755. The van der Waals surface area contributed by atoms with E-state index < -0.39 is 11.9 Å². The summed E-state index contributed by atoms with van der Waals surface area (Å²) in [5.74, 6) is -1.38. The van der Waals surface area contributed by atoms with Crippen LogP contribution in [-0.2, 0) is 9.59 Å². The summed E-state index contributed by atoms with van der Waals surface area (Å²) in [5.41, 5.74) is 0. The number of unbranched alkanes of at least 4 members (excludes halogenated alkanes) is 10. The number of allylic oxidation sites excluding steroid dienone is 4. The third kappa shape index (κ3) is 34.4. The van der Waals surface area contributed by atoms with Crippen LogP contribution in [0.1, 0.15) is 180 Å². The van der Waals surface area contributed by atoms with Crippen LogP contribution in [0.15, 0.2) is 24.3 Å². The van der Waals surface area contributed by atoms with E-state index in [-0.39, 0.29) is 0 Å². The molecule has 0 amide bonds. The van der Waals surface area contributed by atoms with E-state index in [1.807, 2.05) is 0 Å². The molecule has 1 aliphatic carbocycles. The zero-order valence-electron chi connectivity index (χ0n) is 24.8. The van der Waals surface area contributed by atoms with Crippen LogP contribution in [0.5, 0.6) is 0 Å². The van der Waals surface area contributed by atoms with E-state index in [2.05, 4.69) is 24.3 Å². The van der Waals surface area contributed by atoms with Crippen molar-refractivity contribution in [1.82, 2.24) is 0 Å². The van der Waals surface area contributed by atoms with Crippen LogP contribution < -0.4 is 0 Å². The quantitative estimate of drug-likeness (QED) is 0.152. The number of aliphatic carboxylic acids is 2. The van der Waals surface area contributed by atoms with Crippen molar-refractivity contribution in [2.75, 3.05) is 0 Å². The van der Waals surface area contributed by atoms with Gasteiger partial charge >= 0.3 is 11.9 Å². The number of carboxylic acids is 2. The SMILES string of the molecule is C1=CCCCCCCCCCCCCCC1.O=C(O)CCCCCCC/C=C\CCCCCCCC(=O)O. The Morgan fingerprint density at radius 3 is 1.08 bits per heavy atom. The Bertz CT molecular complexity index is 519. The molecule has 0 atom stereocenters. The van der Waals surface area contributed by atoms with Crippen molar-refractivity contribution >= 4 is 11.9 Å². The standard InChI is InChI=1S/C18H32O4.C16H30/c19-17(20)15-13-11-9-7-5-3-1-2-4-6-8-10-12-14-16-18(21)22;1-2-4-6-8-10-12-14-16-15-13-11-9-7-5-3-1/h1-2H,3-16H2,(H,19,20)(H,21,22);1-2H,3-16H2/b2-1-;. The summed E-state index contributed by atoms with van der Waals surface area (Å²) in [4.78, 5) is 20.7. The van der Waals surface area contributed by atoms with Gasteiger partial charge in [-0.1, -0.05) is 127 Å². The second-order valence-electron chi connectivity index (χ2n) is 11.2. The predicted molar refractivity (Wildman–Crippen MR) is 163 cm³/mol. The van der Waals surface area contributed by atoms with Crippen LogP contribution in [0.4, 0.5) is 0 Å². The van der Waals surface area contributed by atoms with Crippen LogP contribution in [-0.4, -0.2) is 22.2 Å². The first-order valence-electron chi connectivity index (χ1n) is 16.4. The summed E-state index contributed by atoms with van der Waals surface area (Å²) in [6.45, 7) is 0. The summed E-state index contributed by atoms with van der Waals surface area (Å²) >= 11 is 0. The molecule has 1 aliphatic rings. The Morgan fingerprint density at radius 2 is 0.737 bits per heavy atom. The molecule has 0 unspecified atom stereocenters. The highest BCUT2D eigenvalue weighted by atomic mass is 16.4. The first kappa shape index (κ1) is 36.4. The Morgan fingerprint density at radius 1 is 0.447 bits per heavy atom. The lowest BCUT2D eigenvalue weighted by Crippen LogP contribution is -1.93. The summed E-state index contributed by atoms with van der Waals surface area (Å²) in [7, 11) is 0. The number of rotatable bonds is 16. The highest BCUT2D eigenvalue weighted by Crippen LogP contribution is 2.14. The second-order valence-corrected chi connectivity index (χ2v) is 11.2. The van der Waals surface area contributed by atoms with Gasteiger partial charge in [-0.05, 0) is 64.2 Å². The smallest absolute Gasteiger partial charge is 0.303 e. The van der Waals surface area contributed by atoms with E-state index in [1.165, 1.54) is 116 Å². The molecule has 0 radical (unpaired) electrons. The zero-order valence-corrected chi connectivity index (χ0v) is 24.8. The number of carbonyl (C=O) groups is 2. The zero-order chi connectivity index (χ0) is 27.8. The average Bonchev–Trinajstić information content (AvgIpc) is 2.88. The van der Waals surface area contributed by atoms with E-state index in [9.17, 15) is 9.59 Å². The highest BCUT2D eigenvalue weighted by molar-refractivity contribution is 5.66. The van der Waals surface area contributed by atoms with Crippen molar-refractivity contribution in [1.29, 1.82) is 0 Å². The largest absolute Gasteiger partial charge is 0.481 e. The monoisotopic (exact) mass is 534 g/mol. The first-order valence-corrected chi connectivity index (χ1v) is 16.4. The van der Waals surface area contributed by atoms with Crippen LogP contribution in [0, 0.1) is 0 Å². The molecular formula is C34H62O4. The van der Waals surface area contributed by atoms with Crippen LogP contribution in [0.3, 0.4) is 0 Å². The Hall–Kier alpha value is -1.58. The number of hydrogen-bond acceptors (Lipinski definition) is 2. The molecule has 0 aliphatic heterocycles. The third-order valence-corrected chi connectivity index (χ3v) is 7.35. The summed E-state index contributed by atoms with van der Waals surface area (Å²) in [6, 6.07) is 0. The van der Waals surface area contributed by atoms with Gasteiger partial charge in [0.2, 0.25) is 0 Å². The van der Waals surface area contributed by atoms with Gasteiger partial charge in [0.05, 0.1) is 0 Å². The molecular weight excluding hydrogens is 472 g/mol. The minimum absolute atomic E-state index is 0.302. The fourth-order valence-electron chi connectivity index (χ4n) is 4.90. The lowest BCUT2D eigenvalue weighted by molar-refractivity contribution is -0.138. The number of hydrogen-bond donors (Lipinski definition) is 2. The van der Waals surface area contributed by atoms with Gasteiger partial charge in [-0.2, -0.15) is 0 Å². The average molecular weight is 535 g/mol. The van der Waals surface area contributed by atoms with E-state index in [4.69, 9.17) is 10.2 Å². The molecule has 0 aromatic rings. The van der Waals surface area contributed by atoms with Crippen molar-refractivity contribution in [3.05, 3.63) is 24.3 Å². The van der Waals surface area contributed by atoms with E-state index in [0.29, 0.717) is 12.8 Å². The lowest BCUT2D eigenvalue weighted by Gasteiger charge is -2.03. The van der Waals surface area contributed by atoms with Gasteiger partial charge in [0.15, 0.2) is 0 Å². The van der Waals surface area contributed by atoms with Crippen molar-refractivity contribution in [2.45, 2.75) is 180 Å². The van der Waals surface area contributed by atoms with Crippen molar-refractivity contribution in [3.63, 3.8) is 0 Å². The highest BCUT2D eigenvalue weighted by Gasteiger charge is 1.97. The number of carboxylic acid groups (broad SMARTS) is 2. The maximum absolute atomic E-state index is 10.3. The Labute approximate surface area is 235 Å². The molecule has 0 saturated heterocycles. The van der Waals surface area contributed by atoms with Gasteiger partial charge in [0, 0.05) is 12.8 Å². The minimum Gasteiger partial charge on any atom is -0.481 e. The fourth-order valence-corrected chi connectivity index (χ4v) is 4.90. The molecule has 0 aromatic heterocycles. The maximum Gasteiger partial charge on any atom is 0.303 e. The summed E-state index contributed by atoms with van der Waals surface area (Å²) in [5, 5.41) is 17.0. The van der Waals surface area contributed by atoms with Crippen molar-refractivity contribution in [2.24, 2.45) is 0 Å². The van der Waals surface area contributed by atoms with Gasteiger partial charge < -0.3 is 10.2 Å². The molecule has 0 saturated carbocycles. The van der Waals surface area contributed by atoms with Crippen molar-refractivity contribution < 1.29 is 19.8 Å². The predicted octanol–water partition coefficient (Wildman–Crippen LogP) is 11.2.